The van der Waals surface area contributed by atoms with Gasteiger partial charge < -0.3 is 0 Å². The monoisotopic (exact) mass is 211 g/mol. The molecule has 0 rings (SSSR count). The Labute approximate surface area is 80.9 Å². The lowest BCUT2D eigenvalue weighted by molar-refractivity contribution is -0.0816. The number of hydroxylamine groups is 1. The third-order valence-corrected chi connectivity index (χ3v) is 0.849. The molecule has 0 aromatic rings. The molecule has 14 heavy (non-hydrogen) atoms. The highest BCUT2D eigenvalue weighted by atomic mass is 16.8. The van der Waals surface area contributed by atoms with Crippen molar-refractivity contribution in [2.75, 3.05) is 14.1 Å². The zero-order valence-corrected chi connectivity index (χ0v) is 7.93. The summed E-state index contributed by atoms with van der Waals surface area (Å²) in [5.41, 5.74) is 21.9. The molecule has 0 aromatic carbocycles. The fourth-order valence-corrected chi connectivity index (χ4v) is 0.390. The van der Waals surface area contributed by atoms with Crippen LogP contribution in [-0.2, 0) is 4.94 Å². The smallest absolute Gasteiger partial charge is 0.0202 e. The van der Waals surface area contributed by atoms with Gasteiger partial charge in [0.05, 0.1) is 0 Å². The lowest BCUT2D eigenvalue weighted by atomic mass is 11.4. The molecule has 12 nitrogen and oxygen atoms in total. The summed E-state index contributed by atoms with van der Waals surface area (Å²) in [5, 5.41) is 1.43. The van der Waals surface area contributed by atoms with Gasteiger partial charge in [-0.05, 0) is 0 Å². The van der Waals surface area contributed by atoms with E-state index in [-0.39, 0.29) is 0 Å². The minimum Gasteiger partial charge on any atom is -0.257 e. The van der Waals surface area contributed by atoms with Gasteiger partial charge >= 0.3 is 0 Å². The number of hydrazine groups is 9. The maximum absolute atomic E-state index is 4.89. The van der Waals surface area contributed by atoms with Crippen molar-refractivity contribution in [1.29, 1.82) is 0 Å². The average Bonchev–Trinajstić information content (AvgIpc) is 2.19. The number of hydrogen-bond acceptors (Lipinski definition) is 12. The maximum Gasteiger partial charge on any atom is 0.0202 e. The van der Waals surface area contributed by atoms with Crippen molar-refractivity contribution in [1.82, 2.24) is 54.9 Å². The summed E-state index contributed by atoms with van der Waals surface area (Å²) < 4.78 is 0. The normalized spacial score (nSPS) is 11.1. The zero-order valence-electron chi connectivity index (χ0n) is 7.93. The van der Waals surface area contributed by atoms with Gasteiger partial charge in [-0.3, -0.25) is 5.84 Å². The van der Waals surface area contributed by atoms with E-state index in [1.165, 1.54) is 5.12 Å². The van der Waals surface area contributed by atoms with E-state index in [4.69, 9.17) is 5.84 Å². The van der Waals surface area contributed by atoms with Crippen molar-refractivity contribution >= 4 is 0 Å². The van der Waals surface area contributed by atoms with Crippen LogP contribution in [0.2, 0.25) is 0 Å². The van der Waals surface area contributed by atoms with Crippen LogP contribution >= 0.6 is 0 Å². The van der Waals surface area contributed by atoms with Crippen LogP contribution in [0.1, 0.15) is 0 Å². The van der Waals surface area contributed by atoms with Gasteiger partial charge in [0.2, 0.25) is 0 Å². The molecule has 0 atom stereocenters. The minimum absolute atomic E-state index is 1.43. The number of nitrogens with two attached hydrogens (primary N) is 1. The predicted molar refractivity (Wildman–Crippen MR) is 47.2 cm³/mol. The van der Waals surface area contributed by atoms with Crippen LogP contribution in [0.15, 0.2) is 0 Å². The Morgan fingerprint density at radius 1 is 1.07 bits per heavy atom. The highest BCUT2D eigenvalue weighted by molar-refractivity contribution is 4.18. The minimum atomic E-state index is 1.43. The van der Waals surface area contributed by atoms with Gasteiger partial charge in [-0.1, -0.05) is 0 Å². The second-order valence-corrected chi connectivity index (χ2v) is 1.84. The maximum atomic E-state index is 4.89. The van der Waals surface area contributed by atoms with Gasteiger partial charge in [-0.25, -0.2) is 0 Å². The molecule has 11 N–H and O–H groups in total. The first-order valence-corrected chi connectivity index (χ1v) is 3.59. The summed E-state index contributed by atoms with van der Waals surface area (Å²) >= 11 is 0. The second kappa shape index (κ2) is 10.6. The lowest BCUT2D eigenvalue weighted by Gasteiger charge is -2.20. The molecular formula is C2H17N11O. The van der Waals surface area contributed by atoms with Crippen molar-refractivity contribution < 1.29 is 4.94 Å². The molecule has 0 saturated heterocycles. The quantitative estimate of drug-likeness (QED) is 0.0957. The molecule has 0 aliphatic rings. The summed E-state index contributed by atoms with van der Waals surface area (Å²) in [5.74, 6) is 4.89. The first kappa shape index (κ1) is 13.5. The molecule has 86 valence electrons. The van der Waals surface area contributed by atoms with Crippen molar-refractivity contribution in [3.8, 4) is 0 Å². The Bertz CT molecular complexity index is 97.5. The highest BCUT2D eigenvalue weighted by Crippen LogP contribution is 1.53. The SMILES string of the molecule is CNONNNN(C)NNNNNN. The van der Waals surface area contributed by atoms with E-state index in [1.807, 2.05) is 0 Å². The molecule has 0 saturated carbocycles. The third kappa shape index (κ3) is 9.61. The molecule has 0 fully saturated rings. The summed E-state index contributed by atoms with van der Waals surface area (Å²) in [7, 11) is 3.28. The van der Waals surface area contributed by atoms with Crippen LogP contribution in [0, 0.1) is 0 Å². The first-order valence-electron chi connectivity index (χ1n) is 3.59. The molecule has 0 aromatic heterocycles. The predicted octanol–water partition coefficient (Wildman–Crippen LogP) is -5.11. The third-order valence-electron chi connectivity index (χ3n) is 0.849. The Morgan fingerprint density at radius 3 is 2.43 bits per heavy atom. The van der Waals surface area contributed by atoms with E-state index in [9.17, 15) is 0 Å². The molecule has 12 heteroatoms. The molecule has 0 unspecified atom stereocenters. The Kier molecular flexibility index (Phi) is 10.2. The van der Waals surface area contributed by atoms with Crippen LogP contribution in [0.5, 0.6) is 0 Å². The highest BCUT2D eigenvalue weighted by Gasteiger charge is 1.91. The van der Waals surface area contributed by atoms with E-state index < -0.39 is 0 Å². The van der Waals surface area contributed by atoms with Gasteiger partial charge in [-0.2, -0.15) is 54.3 Å². The van der Waals surface area contributed by atoms with E-state index in [2.05, 4.69) is 54.8 Å². The number of rotatable bonds is 10. The zero-order chi connectivity index (χ0) is 10.6. The Morgan fingerprint density at radius 2 is 1.79 bits per heavy atom. The fourth-order valence-electron chi connectivity index (χ4n) is 0.390. The molecule has 0 bridgehead atoms. The summed E-state index contributed by atoms with van der Waals surface area (Å²) in [6, 6.07) is 0. The summed E-state index contributed by atoms with van der Waals surface area (Å²) in [4.78, 5) is 4.52. The first-order chi connectivity index (χ1) is 6.81. The summed E-state index contributed by atoms with van der Waals surface area (Å²) in [6.45, 7) is 0. The Hall–Kier alpha value is -0.480. The number of nitrogens with zero attached hydrogens (tertiary/aromatic N) is 1. The second-order valence-electron chi connectivity index (χ2n) is 1.84. The van der Waals surface area contributed by atoms with Crippen LogP contribution in [0.25, 0.3) is 0 Å². The van der Waals surface area contributed by atoms with Crippen LogP contribution in [0.4, 0.5) is 0 Å². The van der Waals surface area contributed by atoms with Crippen molar-refractivity contribution in [2.24, 2.45) is 5.84 Å². The topological polar surface area (TPSA) is 147 Å². The van der Waals surface area contributed by atoms with E-state index >= 15 is 0 Å². The number of hydrogen-bond donors (Lipinski definition) is 10. The molecule has 0 aliphatic carbocycles. The largest absolute Gasteiger partial charge is 0.257 e. The summed E-state index contributed by atoms with van der Waals surface area (Å²) in [6.07, 6.45) is 0. The number of nitrogens with one attached hydrogen (secondary N) is 9. The van der Waals surface area contributed by atoms with Gasteiger partial charge in [-0.15, -0.1) is 5.59 Å². The van der Waals surface area contributed by atoms with Gasteiger partial charge in [0.1, 0.15) is 0 Å². The molecular weight excluding hydrogens is 194 g/mol. The molecule has 0 aliphatic heterocycles. The van der Waals surface area contributed by atoms with Gasteiger partial charge in [0, 0.05) is 14.1 Å². The molecule has 0 heterocycles. The molecule has 0 amide bonds. The van der Waals surface area contributed by atoms with E-state index in [0.717, 1.165) is 0 Å². The van der Waals surface area contributed by atoms with Crippen molar-refractivity contribution in [2.45, 2.75) is 0 Å². The van der Waals surface area contributed by atoms with Gasteiger partial charge in [0.25, 0.3) is 0 Å². The Balaban J connectivity index is 3.07. The average molecular weight is 211 g/mol. The van der Waals surface area contributed by atoms with Crippen LogP contribution in [0.3, 0.4) is 0 Å². The standard InChI is InChI=1S/C2H17N11O/c1-4-14-12-9-11-13(2)10-8-7-6-5-3/h4-12H,3H2,1-2H3. The van der Waals surface area contributed by atoms with Crippen molar-refractivity contribution in [3.05, 3.63) is 0 Å². The van der Waals surface area contributed by atoms with Gasteiger partial charge in [0.15, 0.2) is 0 Å². The molecule has 0 spiro atoms. The van der Waals surface area contributed by atoms with Crippen LogP contribution < -0.4 is 55.7 Å². The van der Waals surface area contributed by atoms with Crippen LogP contribution in [-0.4, -0.2) is 19.2 Å². The lowest BCUT2D eigenvalue weighted by Crippen LogP contribution is -2.65. The fraction of sp³-hybridized carbons (Fsp3) is 1.00. The van der Waals surface area contributed by atoms with E-state index in [0.29, 0.717) is 0 Å². The molecule has 0 radical (unpaired) electrons. The van der Waals surface area contributed by atoms with E-state index in [1.54, 1.807) is 14.1 Å². The van der Waals surface area contributed by atoms with Crippen molar-refractivity contribution in [3.63, 3.8) is 0 Å².